The average Bonchev–Trinajstić information content (AvgIpc) is 3.69. The second-order valence-corrected chi connectivity index (χ2v) is 9.15. The Balaban J connectivity index is 1.57. The van der Waals surface area contributed by atoms with Gasteiger partial charge in [-0.2, -0.15) is 0 Å². The third kappa shape index (κ3) is 7.13. The number of aromatic nitrogens is 2. The highest BCUT2D eigenvalue weighted by molar-refractivity contribution is 6.31. The molecule has 4 rings (SSSR count). The molecule has 1 aliphatic carbocycles. The zero-order chi connectivity index (χ0) is 25.5. The molecule has 0 radical (unpaired) electrons. The van der Waals surface area contributed by atoms with Crippen LogP contribution in [-0.2, 0) is 9.53 Å². The van der Waals surface area contributed by atoms with Gasteiger partial charge in [0.05, 0.1) is 29.4 Å². The van der Waals surface area contributed by atoms with Gasteiger partial charge < -0.3 is 25.0 Å². The quantitative estimate of drug-likeness (QED) is 0.328. The van der Waals surface area contributed by atoms with Crippen LogP contribution in [0.4, 0.5) is 21.6 Å². The van der Waals surface area contributed by atoms with Crippen molar-refractivity contribution < 1.29 is 18.7 Å². The van der Waals surface area contributed by atoms with Crippen molar-refractivity contribution in [2.75, 3.05) is 51.1 Å². The number of carbonyl (C=O) groups excluding carboxylic acids is 1. The molecule has 0 saturated heterocycles. The standard InChI is InChI=1S/C26H29ClFN5O3/c1-33(10-11-35-2)9-3-4-25(34)32-23-13-19-22(14-24(23)36-15-17-5-6-17)29-16-30-26(19)31-18-7-8-21(28)20(27)12-18/h3-4,7-8,12-14,16-17H,5-6,9-11,15H2,1-2H3,(H,32,34)(H,29,30,31). The summed E-state index contributed by atoms with van der Waals surface area (Å²) in [4.78, 5) is 23.5. The summed E-state index contributed by atoms with van der Waals surface area (Å²) in [6.45, 7) is 2.58. The molecule has 3 aromatic rings. The topological polar surface area (TPSA) is 88.6 Å². The summed E-state index contributed by atoms with van der Waals surface area (Å²) in [6, 6.07) is 7.90. The molecule has 2 aromatic carbocycles. The van der Waals surface area contributed by atoms with Gasteiger partial charge in [0, 0.05) is 43.4 Å². The van der Waals surface area contributed by atoms with Gasteiger partial charge in [0.2, 0.25) is 5.91 Å². The summed E-state index contributed by atoms with van der Waals surface area (Å²) in [5.41, 5.74) is 1.72. The molecular weight excluding hydrogens is 485 g/mol. The number of hydrogen-bond acceptors (Lipinski definition) is 7. The lowest BCUT2D eigenvalue weighted by Gasteiger charge is -2.15. The lowest BCUT2D eigenvalue weighted by atomic mass is 10.1. The summed E-state index contributed by atoms with van der Waals surface area (Å²) in [5.74, 6) is 0.792. The number of benzene rings is 2. The molecule has 0 atom stereocenters. The summed E-state index contributed by atoms with van der Waals surface area (Å²) in [7, 11) is 3.61. The van der Waals surface area contributed by atoms with Crippen molar-refractivity contribution in [1.29, 1.82) is 0 Å². The first-order valence-corrected chi connectivity index (χ1v) is 12.1. The van der Waals surface area contributed by atoms with Crippen molar-refractivity contribution in [2.24, 2.45) is 5.92 Å². The second-order valence-electron chi connectivity index (χ2n) is 8.74. The number of amides is 1. The van der Waals surface area contributed by atoms with E-state index in [-0.39, 0.29) is 10.9 Å². The lowest BCUT2D eigenvalue weighted by Crippen LogP contribution is -2.23. The summed E-state index contributed by atoms with van der Waals surface area (Å²) >= 11 is 5.93. The van der Waals surface area contributed by atoms with Crippen molar-refractivity contribution in [3.05, 3.63) is 59.7 Å². The number of nitrogens with zero attached hydrogens (tertiary/aromatic N) is 3. The van der Waals surface area contributed by atoms with Gasteiger partial charge in [-0.1, -0.05) is 17.7 Å². The number of halogens is 2. The average molecular weight is 514 g/mol. The van der Waals surface area contributed by atoms with E-state index >= 15 is 0 Å². The molecule has 0 unspecified atom stereocenters. The minimum Gasteiger partial charge on any atom is -0.491 e. The Bertz CT molecular complexity index is 1250. The largest absolute Gasteiger partial charge is 0.491 e. The molecule has 190 valence electrons. The normalized spacial score (nSPS) is 13.5. The molecule has 2 N–H and O–H groups in total. The van der Waals surface area contributed by atoms with Crippen LogP contribution < -0.4 is 15.4 Å². The van der Waals surface area contributed by atoms with Crippen LogP contribution >= 0.6 is 11.6 Å². The molecule has 0 aliphatic heterocycles. The summed E-state index contributed by atoms with van der Waals surface area (Å²) < 4.78 is 24.7. The van der Waals surface area contributed by atoms with E-state index in [0.717, 1.165) is 19.4 Å². The van der Waals surface area contributed by atoms with Gasteiger partial charge in [0.1, 0.15) is 23.7 Å². The Morgan fingerprint density at radius 1 is 1.28 bits per heavy atom. The van der Waals surface area contributed by atoms with Crippen LogP contribution in [0.3, 0.4) is 0 Å². The zero-order valence-electron chi connectivity index (χ0n) is 20.3. The molecule has 0 bridgehead atoms. The highest BCUT2D eigenvalue weighted by Gasteiger charge is 2.23. The molecule has 1 saturated carbocycles. The molecular formula is C26H29ClFN5O3. The van der Waals surface area contributed by atoms with Crippen LogP contribution in [-0.4, -0.2) is 61.2 Å². The van der Waals surface area contributed by atoms with Crippen LogP contribution in [0, 0.1) is 11.7 Å². The van der Waals surface area contributed by atoms with Gasteiger partial charge in [0.25, 0.3) is 0 Å². The van der Waals surface area contributed by atoms with E-state index in [4.69, 9.17) is 21.1 Å². The number of anilines is 3. The smallest absolute Gasteiger partial charge is 0.248 e. The molecule has 36 heavy (non-hydrogen) atoms. The molecule has 10 heteroatoms. The first kappa shape index (κ1) is 25.8. The van der Waals surface area contributed by atoms with Crippen LogP contribution in [0.1, 0.15) is 12.8 Å². The Morgan fingerprint density at radius 3 is 2.86 bits per heavy atom. The monoisotopic (exact) mass is 513 g/mol. The Hall–Kier alpha value is -3.27. The van der Waals surface area contributed by atoms with Crippen LogP contribution in [0.5, 0.6) is 5.75 Å². The first-order chi connectivity index (χ1) is 17.4. The predicted molar refractivity (Wildman–Crippen MR) is 140 cm³/mol. The van der Waals surface area contributed by atoms with E-state index < -0.39 is 5.82 Å². The number of hydrogen-bond donors (Lipinski definition) is 2. The van der Waals surface area contributed by atoms with Gasteiger partial charge >= 0.3 is 0 Å². The maximum atomic E-state index is 13.6. The number of carbonyl (C=O) groups is 1. The van der Waals surface area contributed by atoms with Gasteiger partial charge in [-0.15, -0.1) is 0 Å². The van der Waals surface area contributed by atoms with E-state index in [1.807, 2.05) is 11.9 Å². The lowest BCUT2D eigenvalue weighted by molar-refractivity contribution is -0.111. The number of nitrogens with one attached hydrogen (secondary N) is 2. The zero-order valence-corrected chi connectivity index (χ0v) is 21.0. The minimum atomic E-state index is -0.504. The maximum absolute atomic E-state index is 13.6. The molecule has 1 amide bonds. The molecule has 1 fully saturated rings. The third-order valence-electron chi connectivity index (χ3n) is 5.71. The third-order valence-corrected chi connectivity index (χ3v) is 6.00. The fourth-order valence-electron chi connectivity index (χ4n) is 3.46. The number of likely N-dealkylation sites (N-methyl/N-ethyl adjacent to an activating group) is 1. The van der Waals surface area contributed by atoms with E-state index in [9.17, 15) is 9.18 Å². The van der Waals surface area contributed by atoms with Crippen molar-refractivity contribution >= 4 is 45.6 Å². The number of fused-ring (bicyclic) bond motifs is 1. The molecule has 1 aromatic heterocycles. The first-order valence-electron chi connectivity index (χ1n) is 11.7. The van der Waals surface area contributed by atoms with Crippen LogP contribution in [0.2, 0.25) is 5.02 Å². The summed E-state index contributed by atoms with van der Waals surface area (Å²) in [6.07, 6.45) is 7.02. The Labute approximate surface area is 214 Å². The SMILES string of the molecule is COCCN(C)CC=CC(=O)Nc1cc2c(Nc3ccc(F)c(Cl)c3)ncnc2cc1OCC1CC1. The minimum absolute atomic E-state index is 0.00160. The van der Waals surface area contributed by atoms with Crippen molar-refractivity contribution in [3.8, 4) is 5.75 Å². The molecule has 8 nitrogen and oxygen atoms in total. The number of methoxy groups -OCH3 is 1. The van der Waals surface area contributed by atoms with E-state index in [1.165, 1.54) is 24.5 Å². The molecule has 1 aliphatic rings. The van der Waals surface area contributed by atoms with Crippen molar-refractivity contribution in [1.82, 2.24) is 14.9 Å². The van der Waals surface area contributed by atoms with Crippen LogP contribution in [0.15, 0.2) is 48.8 Å². The highest BCUT2D eigenvalue weighted by Crippen LogP contribution is 2.36. The number of ether oxygens (including phenoxy) is 2. The second kappa shape index (κ2) is 12.1. The molecule has 0 spiro atoms. The number of rotatable bonds is 12. The van der Waals surface area contributed by atoms with Gasteiger partial charge in [-0.3, -0.25) is 4.79 Å². The fraction of sp³-hybridized carbons (Fsp3) is 0.346. The Morgan fingerprint density at radius 2 is 2.11 bits per heavy atom. The van der Waals surface area contributed by atoms with E-state index in [0.29, 0.717) is 59.5 Å². The van der Waals surface area contributed by atoms with Gasteiger partial charge in [-0.25, -0.2) is 14.4 Å². The van der Waals surface area contributed by atoms with E-state index in [1.54, 1.807) is 31.4 Å². The van der Waals surface area contributed by atoms with Crippen molar-refractivity contribution in [3.63, 3.8) is 0 Å². The fourth-order valence-corrected chi connectivity index (χ4v) is 3.64. The van der Waals surface area contributed by atoms with E-state index in [2.05, 4.69) is 20.6 Å². The summed E-state index contributed by atoms with van der Waals surface area (Å²) in [5, 5.41) is 6.74. The van der Waals surface area contributed by atoms with Crippen LogP contribution in [0.25, 0.3) is 10.9 Å². The van der Waals surface area contributed by atoms with Gasteiger partial charge in [0.15, 0.2) is 0 Å². The Kier molecular flexibility index (Phi) is 8.69. The predicted octanol–water partition coefficient (Wildman–Crippen LogP) is 5.03. The molecule has 1 heterocycles. The highest BCUT2D eigenvalue weighted by atomic mass is 35.5. The maximum Gasteiger partial charge on any atom is 0.248 e. The van der Waals surface area contributed by atoms with Gasteiger partial charge in [-0.05, 0) is 50.1 Å². The van der Waals surface area contributed by atoms with Crippen molar-refractivity contribution in [2.45, 2.75) is 12.8 Å².